The van der Waals surface area contributed by atoms with Crippen LogP contribution in [0.5, 0.6) is 0 Å². The summed E-state index contributed by atoms with van der Waals surface area (Å²) in [4.78, 5) is 4.62. The van der Waals surface area contributed by atoms with Gasteiger partial charge in [0.2, 0.25) is 0 Å². The van der Waals surface area contributed by atoms with E-state index in [0.29, 0.717) is 21.9 Å². The Labute approximate surface area is 156 Å². The molecule has 0 aliphatic carbocycles. The molecule has 0 fully saturated rings. The van der Waals surface area contributed by atoms with Crippen LogP contribution in [0.2, 0.25) is 5.02 Å². The fraction of sp³-hybridized carbons (Fsp3) is 0.0500. The zero-order valence-corrected chi connectivity index (χ0v) is 15.2. The van der Waals surface area contributed by atoms with E-state index in [-0.39, 0.29) is 4.90 Å². The fourth-order valence-electron chi connectivity index (χ4n) is 3.05. The quantitative estimate of drug-likeness (QED) is 0.520. The highest BCUT2D eigenvalue weighted by Crippen LogP contribution is 2.35. The molecule has 0 saturated carbocycles. The van der Waals surface area contributed by atoms with Gasteiger partial charge in [0.05, 0.1) is 21.8 Å². The lowest BCUT2D eigenvalue weighted by atomic mass is 10.1. The molecule has 4 nitrogen and oxygen atoms in total. The molecule has 0 N–H and O–H groups in total. The van der Waals surface area contributed by atoms with Crippen molar-refractivity contribution < 1.29 is 8.42 Å². The number of aromatic nitrogens is 2. The summed E-state index contributed by atoms with van der Waals surface area (Å²) in [6.45, 7) is 0. The van der Waals surface area contributed by atoms with Crippen LogP contribution in [0.3, 0.4) is 0 Å². The third kappa shape index (κ3) is 2.89. The monoisotopic (exact) mass is 382 g/mol. The van der Waals surface area contributed by atoms with Crippen molar-refractivity contribution in [2.75, 3.05) is 0 Å². The van der Waals surface area contributed by atoms with Crippen LogP contribution in [0.25, 0.3) is 5.65 Å². The van der Waals surface area contributed by atoms with E-state index in [0.717, 1.165) is 0 Å². The molecule has 0 aliphatic heterocycles. The van der Waals surface area contributed by atoms with Crippen molar-refractivity contribution in [3.8, 4) is 0 Å². The van der Waals surface area contributed by atoms with Crippen molar-refractivity contribution in [2.24, 2.45) is 0 Å². The molecule has 130 valence electrons. The van der Waals surface area contributed by atoms with Crippen molar-refractivity contribution >= 4 is 27.1 Å². The summed E-state index contributed by atoms with van der Waals surface area (Å²) in [6, 6.07) is 21.1. The Hall–Kier alpha value is -2.63. The molecule has 4 aromatic rings. The summed E-state index contributed by atoms with van der Waals surface area (Å²) >= 11 is 6.13. The van der Waals surface area contributed by atoms with E-state index in [2.05, 4.69) is 4.98 Å². The Morgan fingerprint density at radius 3 is 2.23 bits per heavy atom. The predicted octanol–water partition coefficient (Wildman–Crippen LogP) is 4.55. The van der Waals surface area contributed by atoms with Gasteiger partial charge >= 0.3 is 0 Å². The first-order valence-electron chi connectivity index (χ1n) is 8.04. The molecule has 4 rings (SSSR count). The SMILES string of the molecule is O=S(=O)(c1ccccc1)C(c1ccccc1)c1cnc2ccc(Cl)cn12. The summed E-state index contributed by atoms with van der Waals surface area (Å²) < 4.78 is 28.7. The minimum Gasteiger partial charge on any atom is -0.301 e. The van der Waals surface area contributed by atoms with Crippen molar-refractivity contribution in [1.29, 1.82) is 0 Å². The average Bonchev–Trinajstić information content (AvgIpc) is 3.06. The summed E-state index contributed by atoms with van der Waals surface area (Å²) in [5.41, 5.74) is 1.88. The maximum atomic E-state index is 13.5. The van der Waals surface area contributed by atoms with Crippen LogP contribution in [-0.4, -0.2) is 17.8 Å². The maximum Gasteiger partial charge on any atom is 0.191 e. The van der Waals surface area contributed by atoms with Gasteiger partial charge in [0, 0.05) is 6.20 Å². The summed E-state index contributed by atoms with van der Waals surface area (Å²) in [7, 11) is -3.69. The molecule has 1 unspecified atom stereocenters. The van der Waals surface area contributed by atoms with Gasteiger partial charge < -0.3 is 4.40 Å². The molecule has 0 spiro atoms. The topological polar surface area (TPSA) is 51.4 Å². The molecule has 2 aromatic heterocycles. The van der Waals surface area contributed by atoms with Crippen LogP contribution in [-0.2, 0) is 9.84 Å². The Balaban J connectivity index is 1.99. The third-order valence-electron chi connectivity index (χ3n) is 4.25. The Morgan fingerprint density at radius 1 is 0.885 bits per heavy atom. The first kappa shape index (κ1) is 16.8. The standard InChI is InChI=1S/C20H15ClN2O2S/c21-16-11-12-19-22-13-18(23(19)14-16)20(15-7-3-1-4-8-15)26(24,25)17-9-5-2-6-10-17/h1-14,20H. The second kappa shape index (κ2) is 6.59. The van der Waals surface area contributed by atoms with Crippen molar-refractivity contribution in [2.45, 2.75) is 10.1 Å². The lowest BCUT2D eigenvalue weighted by Gasteiger charge is -2.18. The van der Waals surface area contributed by atoms with Gasteiger partial charge in [-0.1, -0.05) is 60.1 Å². The van der Waals surface area contributed by atoms with E-state index in [9.17, 15) is 8.42 Å². The van der Waals surface area contributed by atoms with Gasteiger partial charge in [-0.2, -0.15) is 0 Å². The zero-order valence-electron chi connectivity index (χ0n) is 13.7. The number of imidazole rings is 1. The highest BCUT2D eigenvalue weighted by Gasteiger charge is 2.33. The van der Waals surface area contributed by atoms with Gasteiger partial charge in [-0.15, -0.1) is 0 Å². The molecule has 0 bridgehead atoms. The van der Waals surface area contributed by atoms with Crippen LogP contribution in [0.15, 0.2) is 90.1 Å². The molecular formula is C20H15ClN2O2S. The zero-order chi connectivity index (χ0) is 18.1. The van der Waals surface area contributed by atoms with Crippen LogP contribution in [0, 0.1) is 0 Å². The van der Waals surface area contributed by atoms with Gasteiger partial charge in [0.15, 0.2) is 9.84 Å². The number of pyridine rings is 1. The molecule has 1 atom stereocenters. The van der Waals surface area contributed by atoms with E-state index in [1.165, 1.54) is 0 Å². The number of rotatable bonds is 4. The van der Waals surface area contributed by atoms with Crippen molar-refractivity contribution in [1.82, 2.24) is 9.38 Å². The molecule has 2 aromatic carbocycles. The highest BCUT2D eigenvalue weighted by atomic mass is 35.5. The molecule has 0 radical (unpaired) electrons. The Kier molecular flexibility index (Phi) is 4.26. The van der Waals surface area contributed by atoms with E-state index in [1.54, 1.807) is 59.3 Å². The normalized spacial score (nSPS) is 13.0. The smallest absolute Gasteiger partial charge is 0.191 e. The molecule has 0 saturated heterocycles. The van der Waals surface area contributed by atoms with Gasteiger partial charge in [-0.3, -0.25) is 0 Å². The number of hydrogen-bond acceptors (Lipinski definition) is 3. The first-order chi connectivity index (χ1) is 12.6. The van der Waals surface area contributed by atoms with Crippen LogP contribution in [0.1, 0.15) is 16.5 Å². The molecule has 6 heteroatoms. The van der Waals surface area contributed by atoms with Gasteiger partial charge in [-0.25, -0.2) is 13.4 Å². The van der Waals surface area contributed by atoms with Crippen LogP contribution in [0.4, 0.5) is 0 Å². The minimum atomic E-state index is -3.69. The van der Waals surface area contributed by atoms with Gasteiger partial charge in [-0.05, 0) is 29.8 Å². The van der Waals surface area contributed by atoms with Crippen LogP contribution >= 0.6 is 11.6 Å². The summed E-state index contributed by atoms with van der Waals surface area (Å²) in [6.07, 6.45) is 3.29. The number of fused-ring (bicyclic) bond motifs is 1. The molecule has 2 heterocycles. The van der Waals surface area contributed by atoms with E-state index >= 15 is 0 Å². The van der Waals surface area contributed by atoms with E-state index in [1.807, 2.05) is 30.3 Å². The van der Waals surface area contributed by atoms with Crippen LogP contribution < -0.4 is 0 Å². The molecule has 0 amide bonds. The Bertz CT molecular complexity index is 1160. The van der Waals surface area contributed by atoms with Crippen molar-refractivity contribution in [3.05, 3.63) is 101 Å². The minimum absolute atomic E-state index is 0.269. The molecule has 26 heavy (non-hydrogen) atoms. The van der Waals surface area contributed by atoms with Gasteiger partial charge in [0.1, 0.15) is 10.9 Å². The van der Waals surface area contributed by atoms with E-state index in [4.69, 9.17) is 11.6 Å². The predicted molar refractivity (Wildman–Crippen MR) is 102 cm³/mol. The number of hydrogen-bond donors (Lipinski definition) is 0. The summed E-state index contributed by atoms with van der Waals surface area (Å²) in [5.74, 6) is 0. The van der Waals surface area contributed by atoms with Gasteiger partial charge in [0.25, 0.3) is 0 Å². The largest absolute Gasteiger partial charge is 0.301 e. The first-order valence-corrected chi connectivity index (χ1v) is 9.96. The highest BCUT2D eigenvalue weighted by molar-refractivity contribution is 7.91. The Morgan fingerprint density at radius 2 is 1.54 bits per heavy atom. The lowest BCUT2D eigenvalue weighted by Crippen LogP contribution is -2.17. The second-order valence-corrected chi connectivity index (χ2v) is 8.38. The lowest BCUT2D eigenvalue weighted by molar-refractivity contribution is 0.587. The average molecular weight is 383 g/mol. The second-order valence-electron chi connectivity index (χ2n) is 5.91. The molecule has 0 aliphatic rings. The third-order valence-corrected chi connectivity index (χ3v) is 6.54. The number of nitrogens with zero attached hydrogens (tertiary/aromatic N) is 2. The number of sulfone groups is 1. The number of benzene rings is 2. The summed E-state index contributed by atoms with van der Waals surface area (Å²) in [5, 5.41) is -0.375. The fourth-order valence-corrected chi connectivity index (χ4v) is 5.03. The number of halogens is 1. The maximum absolute atomic E-state index is 13.5. The van der Waals surface area contributed by atoms with E-state index < -0.39 is 15.1 Å². The molecular weight excluding hydrogens is 368 g/mol. The van der Waals surface area contributed by atoms with Crippen molar-refractivity contribution in [3.63, 3.8) is 0 Å².